The van der Waals surface area contributed by atoms with Gasteiger partial charge in [-0.3, -0.25) is 4.90 Å². The molecule has 6 nitrogen and oxygen atoms in total. The van der Waals surface area contributed by atoms with E-state index in [-0.39, 0.29) is 24.6 Å². The van der Waals surface area contributed by atoms with Crippen molar-refractivity contribution >= 4 is 17.8 Å². The number of likely N-dealkylation sites (tertiary alicyclic amines) is 1. The summed E-state index contributed by atoms with van der Waals surface area (Å²) in [4.78, 5) is 28.6. The summed E-state index contributed by atoms with van der Waals surface area (Å²) in [6, 6.07) is 1.93. The van der Waals surface area contributed by atoms with Crippen LogP contribution in [-0.4, -0.2) is 59.8 Å². The molecule has 1 heterocycles. The van der Waals surface area contributed by atoms with Gasteiger partial charge in [0.1, 0.15) is 0 Å². The second-order valence-electron chi connectivity index (χ2n) is 11.5. The van der Waals surface area contributed by atoms with Crippen LogP contribution in [0.25, 0.3) is 0 Å². The minimum absolute atomic E-state index is 0.0168. The highest BCUT2D eigenvalue weighted by atomic mass is 19.4. The van der Waals surface area contributed by atoms with E-state index in [9.17, 15) is 54.2 Å². The van der Waals surface area contributed by atoms with Gasteiger partial charge in [0, 0.05) is 44.3 Å². The lowest BCUT2D eigenvalue weighted by Crippen LogP contribution is -2.61. The Balaban J connectivity index is 2.11. The van der Waals surface area contributed by atoms with E-state index < -0.39 is 76.4 Å². The molecule has 1 fully saturated rings. The number of hydrogen-bond acceptors (Lipinski definition) is 2. The standard InChI is InChI=1S/C28H30F9N3O3/c1-25(2,3)22-21(15-6-8-16(9-7-15)26(29,30)31)20(10-11-40(22)24(42)43)39(5)23(41)38(4)19-13-17(27(32,33)34)12-18(14-19)28(35,36)37/h6-9,12-14,20-22H,10-11H2,1-5H3,(H,42,43)/t20-,21-,22?/m1/s1. The number of nitrogens with zero attached hydrogens (tertiary/aromatic N) is 3. The average Bonchev–Trinajstić information content (AvgIpc) is 2.88. The van der Waals surface area contributed by atoms with Crippen molar-refractivity contribution in [1.29, 1.82) is 0 Å². The lowest BCUT2D eigenvalue weighted by atomic mass is 9.69. The molecule has 3 atom stereocenters. The fourth-order valence-electron chi connectivity index (χ4n) is 5.57. The lowest BCUT2D eigenvalue weighted by Gasteiger charge is -2.52. The summed E-state index contributed by atoms with van der Waals surface area (Å²) in [5.74, 6) is -0.915. The van der Waals surface area contributed by atoms with Gasteiger partial charge >= 0.3 is 30.7 Å². The quantitative estimate of drug-likeness (QED) is 0.349. The van der Waals surface area contributed by atoms with E-state index in [0.717, 1.165) is 29.0 Å². The highest BCUT2D eigenvalue weighted by Gasteiger charge is 2.49. The van der Waals surface area contributed by atoms with Gasteiger partial charge in [-0.1, -0.05) is 32.9 Å². The van der Waals surface area contributed by atoms with Gasteiger partial charge in [0.25, 0.3) is 0 Å². The van der Waals surface area contributed by atoms with Crippen molar-refractivity contribution in [2.75, 3.05) is 25.5 Å². The van der Waals surface area contributed by atoms with Gasteiger partial charge in [0.15, 0.2) is 0 Å². The van der Waals surface area contributed by atoms with Crippen LogP contribution in [0.5, 0.6) is 0 Å². The van der Waals surface area contributed by atoms with Crippen LogP contribution >= 0.6 is 0 Å². The zero-order valence-corrected chi connectivity index (χ0v) is 23.7. The van der Waals surface area contributed by atoms with E-state index in [1.807, 2.05) is 0 Å². The monoisotopic (exact) mass is 627 g/mol. The van der Waals surface area contributed by atoms with Gasteiger partial charge in [-0.25, -0.2) is 9.59 Å². The van der Waals surface area contributed by atoms with Crippen LogP contribution in [0.3, 0.4) is 0 Å². The molecule has 3 rings (SSSR count). The summed E-state index contributed by atoms with van der Waals surface area (Å²) in [6.45, 7) is 5.04. The van der Waals surface area contributed by atoms with Crippen LogP contribution in [0.15, 0.2) is 42.5 Å². The Morgan fingerprint density at radius 2 is 1.26 bits per heavy atom. The molecule has 1 aliphatic heterocycles. The molecule has 0 aliphatic carbocycles. The number of amides is 3. The molecular weight excluding hydrogens is 597 g/mol. The van der Waals surface area contributed by atoms with Crippen LogP contribution in [0.1, 0.15) is 55.4 Å². The molecule has 0 bridgehead atoms. The first kappa shape index (κ1) is 33.8. The van der Waals surface area contributed by atoms with Gasteiger partial charge in [0.2, 0.25) is 0 Å². The molecule has 3 amide bonds. The van der Waals surface area contributed by atoms with Crippen molar-refractivity contribution in [3.8, 4) is 0 Å². The van der Waals surface area contributed by atoms with Crippen LogP contribution in [-0.2, 0) is 18.5 Å². The minimum Gasteiger partial charge on any atom is -0.465 e. The number of carbonyl (C=O) groups excluding carboxylic acids is 1. The van der Waals surface area contributed by atoms with Crippen LogP contribution < -0.4 is 4.90 Å². The molecule has 1 aliphatic rings. The predicted octanol–water partition coefficient (Wildman–Crippen LogP) is 8.18. The first-order valence-corrected chi connectivity index (χ1v) is 12.9. The van der Waals surface area contributed by atoms with Crippen LogP contribution in [0.4, 0.5) is 54.8 Å². The topological polar surface area (TPSA) is 64.1 Å². The number of carbonyl (C=O) groups is 2. The van der Waals surface area contributed by atoms with Crippen LogP contribution in [0.2, 0.25) is 0 Å². The number of piperidine rings is 1. The van der Waals surface area contributed by atoms with Gasteiger partial charge in [-0.2, -0.15) is 39.5 Å². The van der Waals surface area contributed by atoms with E-state index >= 15 is 0 Å². The molecule has 0 aromatic heterocycles. The third-order valence-corrected chi connectivity index (χ3v) is 7.56. The fraction of sp³-hybridized carbons (Fsp3) is 0.500. The zero-order chi connectivity index (χ0) is 32.9. The largest absolute Gasteiger partial charge is 0.465 e. The van der Waals surface area contributed by atoms with Crippen molar-refractivity contribution in [2.24, 2.45) is 5.41 Å². The van der Waals surface area contributed by atoms with Crippen molar-refractivity contribution < 1.29 is 54.2 Å². The Bertz CT molecular complexity index is 1300. The number of rotatable bonds is 3. The van der Waals surface area contributed by atoms with E-state index in [0.29, 0.717) is 17.0 Å². The van der Waals surface area contributed by atoms with E-state index in [4.69, 9.17) is 0 Å². The second kappa shape index (κ2) is 11.5. The molecule has 0 radical (unpaired) electrons. The Kier molecular flexibility index (Phi) is 9.01. The number of hydrogen-bond donors (Lipinski definition) is 1. The normalized spacial score (nSPS) is 20.1. The van der Waals surface area contributed by atoms with Crippen molar-refractivity contribution in [3.63, 3.8) is 0 Å². The number of likely N-dealkylation sites (N-methyl/N-ethyl adjacent to an activating group) is 1. The molecule has 1 unspecified atom stereocenters. The third kappa shape index (κ3) is 7.29. The van der Waals surface area contributed by atoms with E-state index in [2.05, 4.69) is 0 Å². The molecular formula is C28H30F9N3O3. The maximum absolute atomic E-state index is 13.6. The summed E-state index contributed by atoms with van der Waals surface area (Å²) in [5, 5.41) is 9.95. The number of benzene rings is 2. The molecule has 15 heteroatoms. The molecule has 43 heavy (non-hydrogen) atoms. The number of halogens is 9. The maximum atomic E-state index is 13.6. The predicted molar refractivity (Wildman–Crippen MR) is 139 cm³/mol. The van der Waals surface area contributed by atoms with E-state index in [1.165, 1.54) is 19.2 Å². The maximum Gasteiger partial charge on any atom is 0.416 e. The van der Waals surface area contributed by atoms with Crippen molar-refractivity contribution in [2.45, 2.75) is 63.7 Å². The Labute approximate surface area is 241 Å². The minimum atomic E-state index is -5.15. The number of carboxylic acid groups (broad SMARTS) is 1. The third-order valence-electron chi connectivity index (χ3n) is 7.56. The van der Waals surface area contributed by atoms with E-state index in [1.54, 1.807) is 20.8 Å². The van der Waals surface area contributed by atoms with Crippen molar-refractivity contribution in [1.82, 2.24) is 9.80 Å². The number of anilines is 1. The second-order valence-corrected chi connectivity index (χ2v) is 11.5. The number of alkyl halides is 9. The Hall–Kier alpha value is -3.65. The SMILES string of the molecule is CN(C(=O)N(C)[C@@H]1CCN(C(=O)O)C(C(C)(C)C)[C@@H]1c1ccc(C(F)(F)F)cc1)c1cc(C(F)(F)F)cc(C(F)(F)F)c1. The Morgan fingerprint density at radius 3 is 1.65 bits per heavy atom. The van der Waals surface area contributed by atoms with Crippen LogP contribution in [0, 0.1) is 5.41 Å². The summed E-state index contributed by atoms with van der Waals surface area (Å²) in [6.07, 6.45) is -16.3. The van der Waals surface area contributed by atoms with Gasteiger partial charge in [-0.15, -0.1) is 0 Å². The number of urea groups is 1. The fourth-order valence-corrected chi connectivity index (χ4v) is 5.57. The smallest absolute Gasteiger partial charge is 0.416 e. The summed E-state index contributed by atoms with van der Waals surface area (Å²) >= 11 is 0. The van der Waals surface area contributed by atoms with Gasteiger partial charge in [0.05, 0.1) is 16.7 Å². The zero-order valence-electron chi connectivity index (χ0n) is 23.7. The lowest BCUT2D eigenvalue weighted by molar-refractivity contribution is -0.143. The summed E-state index contributed by atoms with van der Waals surface area (Å²) < 4.78 is 120. The molecule has 2 aromatic carbocycles. The summed E-state index contributed by atoms with van der Waals surface area (Å²) in [7, 11) is 2.25. The van der Waals surface area contributed by atoms with Gasteiger partial charge < -0.3 is 14.9 Å². The molecule has 238 valence electrons. The Morgan fingerprint density at radius 1 is 0.791 bits per heavy atom. The van der Waals surface area contributed by atoms with Gasteiger partial charge in [-0.05, 0) is 47.7 Å². The molecule has 1 N–H and O–H groups in total. The highest BCUT2D eigenvalue weighted by molar-refractivity contribution is 5.92. The molecule has 2 aromatic rings. The molecule has 0 saturated carbocycles. The summed E-state index contributed by atoms with van der Waals surface area (Å²) in [5.41, 5.74) is -5.44. The molecule has 1 saturated heterocycles. The highest BCUT2D eigenvalue weighted by Crippen LogP contribution is 2.45. The first-order valence-electron chi connectivity index (χ1n) is 12.9. The van der Waals surface area contributed by atoms with Crippen molar-refractivity contribution in [3.05, 3.63) is 64.7 Å². The molecule has 0 spiro atoms. The average molecular weight is 628 g/mol. The first-order chi connectivity index (χ1) is 19.4.